The summed E-state index contributed by atoms with van der Waals surface area (Å²) in [7, 11) is 0. The molecule has 0 bridgehead atoms. The lowest BCUT2D eigenvalue weighted by molar-refractivity contribution is -0.119. The number of hydrogen-bond donors (Lipinski definition) is 1. The lowest BCUT2D eigenvalue weighted by Crippen LogP contribution is -2.23. The highest BCUT2D eigenvalue weighted by atomic mass is 16.5. The minimum absolute atomic E-state index is 0.0886. The molecule has 6 heteroatoms. The molecule has 0 radical (unpaired) electrons. The van der Waals surface area contributed by atoms with E-state index in [1.165, 1.54) is 0 Å². The largest absolute Gasteiger partial charge is 0.452 e. The molecule has 0 unspecified atom stereocenters. The number of anilines is 2. The van der Waals surface area contributed by atoms with E-state index in [9.17, 15) is 14.4 Å². The van der Waals surface area contributed by atoms with Gasteiger partial charge < -0.3 is 15.0 Å². The second kappa shape index (κ2) is 8.14. The molecule has 0 aromatic heterocycles. The molecule has 3 aromatic rings. The molecule has 1 fully saturated rings. The number of esters is 1. The molecule has 0 atom stereocenters. The first-order valence-corrected chi connectivity index (χ1v) is 9.46. The van der Waals surface area contributed by atoms with Crippen LogP contribution in [0, 0.1) is 0 Å². The number of benzene rings is 3. The van der Waals surface area contributed by atoms with Crippen LogP contribution in [0.25, 0.3) is 10.8 Å². The third-order valence-corrected chi connectivity index (χ3v) is 4.86. The highest BCUT2D eigenvalue weighted by Crippen LogP contribution is 2.22. The molecule has 1 N–H and O–H groups in total. The first kappa shape index (κ1) is 18.7. The van der Waals surface area contributed by atoms with Crippen molar-refractivity contribution in [2.24, 2.45) is 0 Å². The molecule has 0 spiro atoms. The Kier molecular flexibility index (Phi) is 5.24. The van der Waals surface area contributed by atoms with Crippen LogP contribution in [0.1, 0.15) is 23.2 Å². The van der Waals surface area contributed by atoms with E-state index in [4.69, 9.17) is 4.74 Å². The number of nitrogens with zero attached hydrogens (tertiary/aromatic N) is 1. The van der Waals surface area contributed by atoms with Gasteiger partial charge in [0.1, 0.15) is 0 Å². The van der Waals surface area contributed by atoms with Crippen LogP contribution in [0.5, 0.6) is 0 Å². The summed E-state index contributed by atoms with van der Waals surface area (Å²) < 4.78 is 5.10. The van der Waals surface area contributed by atoms with E-state index in [0.29, 0.717) is 24.2 Å². The number of hydrogen-bond acceptors (Lipinski definition) is 4. The van der Waals surface area contributed by atoms with E-state index >= 15 is 0 Å². The second-order valence-corrected chi connectivity index (χ2v) is 6.88. The first-order valence-electron chi connectivity index (χ1n) is 9.46. The average Bonchev–Trinajstić information content (AvgIpc) is 3.18. The number of carbonyl (C=O) groups excluding carboxylic acids is 3. The van der Waals surface area contributed by atoms with E-state index in [1.807, 2.05) is 36.4 Å². The monoisotopic (exact) mass is 388 g/mol. The highest BCUT2D eigenvalue weighted by Gasteiger charge is 2.21. The topological polar surface area (TPSA) is 75.7 Å². The maximum absolute atomic E-state index is 12.2. The zero-order chi connectivity index (χ0) is 20.2. The van der Waals surface area contributed by atoms with Gasteiger partial charge in [-0.3, -0.25) is 9.59 Å². The van der Waals surface area contributed by atoms with E-state index in [-0.39, 0.29) is 12.5 Å². The SMILES string of the molecule is O=C(COC(=O)c1ccc(N2CCCC2=O)cc1)Nc1ccc2ccccc2c1. The number of rotatable bonds is 5. The standard InChI is InChI=1S/C23H20N2O4/c26-21(24-19-10-7-16-4-1-2-5-18(16)14-19)15-29-23(28)17-8-11-20(12-9-17)25-13-3-6-22(25)27/h1-2,4-5,7-12,14H,3,6,13,15H2,(H,24,26). The third kappa shape index (κ3) is 4.27. The van der Waals surface area contributed by atoms with Crippen LogP contribution in [-0.4, -0.2) is 30.9 Å². The van der Waals surface area contributed by atoms with Crippen molar-refractivity contribution in [2.75, 3.05) is 23.4 Å². The van der Waals surface area contributed by atoms with Crippen LogP contribution < -0.4 is 10.2 Å². The molecule has 1 aliphatic rings. The molecule has 1 aliphatic heterocycles. The zero-order valence-corrected chi connectivity index (χ0v) is 15.8. The molecule has 4 rings (SSSR count). The van der Waals surface area contributed by atoms with Gasteiger partial charge in [0.2, 0.25) is 5.91 Å². The number of nitrogens with one attached hydrogen (secondary N) is 1. The molecule has 3 aromatic carbocycles. The molecule has 1 heterocycles. The zero-order valence-electron chi connectivity index (χ0n) is 15.8. The Morgan fingerprint density at radius 3 is 2.45 bits per heavy atom. The number of carbonyl (C=O) groups is 3. The number of amides is 2. The maximum Gasteiger partial charge on any atom is 0.338 e. The van der Waals surface area contributed by atoms with Crippen LogP contribution in [0.3, 0.4) is 0 Å². The molecule has 0 aliphatic carbocycles. The minimum atomic E-state index is -0.585. The first-order chi connectivity index (χ1) is 14.1. The van der Waals surface area contributed by atoms with E-state index in [0.717, 1.165) is 22.9 Å². The van der Waals surface area contributed by atoms with Crippen LogP contribution in [0.4, 0.5) is 11.4 Å². The van der Waals surface area contributed by atoms with Crippen molar-refractivity contribution in [2.45, 2.75) is 12.8 Å². The predicted octanol–water partition coefficient (Wildman–Crippen LogP) is 3.76. The van der Waals surface area contributed by atoms with Crippen LogP contribution in [0.15, 0.2) is 66.7 Å². The average molecular weight is 388 g/mol. The Labute approximate surface area is 168 Å². The van der Waals surface area contributed by atoms with Gasteiger partial charge in [-0.05, 0) is 53.6 Å². The van der Waals surface area contributed by atoms with E-state index in [1.54, 1.807) is 35.2 Å². The Morgan fingerprint density at radius 2 is 1.72 bits per heavy atom. The number of ether oxygens (including phenoxy) is 1. The van der Waals surface area contributed by atoms with Crippen molar-refractivity contribution in [1.82, 2.24) is 0 Å². The Balaban J connectivity index is 1.32. The van der Waals surface area contributed by atoms with E-state index in [2.05, 4.69) is 5.32 Å². The van der Waals surface area contributed by atoms with Gasteiger partial charge in [-0.25, -0.2) is 4.79 Å². The molecular weight excluding hydrogens is 368 g/mol. The molecular formula is C23H20N2O4. The van der Waals surface area contributed by atoms with Gasteiger partial charge in [0.05, 0.1) is 5.56 Å². The third-order valence-electron chi connectivity index (χ3n) is 4.86. The fraction of sp³-hybridized carbons (Fsp3) is 0.174. The second-order valence-electron chi connectivity index (χ2n) is 6.88. The Morgan fingerprint density at radius 1 is 0.966 bits per heavy atom. The van der Waals surface area contributed by atoms with Crippen molar-refractivity contribution in [3.8, 4) is 0 Å². The summed E-state index contributed by atoms with van der Waals surface area (Å²) in [5.74, 6) is -0.906. The highest BCUT2D eigenvalue weighted by molar-refractivity contribution is 5.98. The summed E-state index contributed by atoms with van der Waals surface area (Å²) in [6.07, 6.45) is 1.39. The minimum Gasteiger partial charge on any atom is -0.452 e. The molecule has 29 heavy (non-hydrogen) atoms. The van der Waals surface area contributed by atoms with Gasteiger partial charge >= 0.3 is 5.97 Å². The molecule has 2 amide bonds. The van der Waals surface area contributed by atoms with Gasteiger partial charge in [-0.1, -0.05) is 30.3 Å². The van der Waals surface area contributed by atoms with Gasteiger partial charge in [-0.15, -0.1) is 0 Å². The van der Waals surface area contributed by atoms with E-state index < -0.39 is 11.9 Å². The van der Waals surface area contributed by atoms with Crippen LogP contribution >= 0.6 is 0 Å². The van der Waals surface area contributed by atoms with Crippen LogP contribution in [0.2, 0.25) is 0 Å². The summed E-state index contributed by atoms with van der Waals surface area (Å²) in [6.45, 7) is 0.315. The van der Waals surface area contributed by atoms with Gasteiger partial charge in [0, 0.05) is 24.3 Å². The van der Waals surface area contributed by atoms with Gasteiger partial charge in [0.25, 0.3) is 5.91 Å². The summed E-state index contributed by atoms with van der Waals surface area (Å²) in [5.41, 5.74) is 1.74. The van der Waals surface area contributed by atoms with Crippen molar-refractivity contribution < 1.29 is 19.1 Å². The lowest BCUT2D eigenvalue weighted by Gasteiger charge is -2.15. The summed E-state index contributed by atoms with van der Waals surface area (Å²) >= 11 is 0. The summed E-state index contributed by atoms with van der Waals surface area (Å²) in [5, 5.41) is 4.82. The fourth-order valence-corrected chi connectivity index (χ4v) is 3.38. The van der Waals surface area contributed by atoms with Gasteiger partial charge in [0.15, 0.2) is 6.61 Å². The predicted molar refractivity (Wildman–Crippen MR) is 111 cm³/mol. The Bertz CT molecular complexity index is 1080. The molecule has 0 saturated carbocycles. The van der Waals surface area contributed by atoms with Crippen molar-refractivity contribution in [3.05, 3.63) is 72.3 Å². The normalized spacial score (nSPS) is 13.5. The number of fused-ring (bicyclic) bond motifs is 1. The Hall–Kier alpha value is -3.67. The molecule has 1 saturated heterocycles. The fourth-order valence-electron chi connectivity index (χ4n) is 3.38. The van der Waals surface area contributed by atoms with Crippen molar-refractivity contribution in [1.29, 1.82) is 0 Å². The van der Waals surface area contributed by atoms with Crippen molar-refractivity contribution >= 4 is 39.9 Å². The quantitative estimate of drug-likeness (QED) is 0.675. The summed E-state index contributed by atoms with van der Waals surface area (Å²) in [4.78, 5) is 37.8. The molecule has 146 valence electrons. The van der Waals surface area contributed by atoms with Gasteiger partial charge in [-0.2, -0.15) is 0 Å². The molecule has 6 nitrogen and oxygen atoms in total. The maximum atomic E-state index is 12.2. The smallest absolute Gasteiger partial charge is 0.338 e. The summed E-state index contributed by atoms with van der Waals surface area (Å²) in [6, 6.07) is 20.1. The lowest BCUT2D eigenvalue weighted by atomic mass is 10.1. The van der Waals surface area contributed by atoms with Crippen molar-refractivity contribution in [3.63, 3.8) is 0 Å². The van der Waals surface area contributed by atoms with Crippen LogP contribution in [-0.2, 0) is 14.3 Å².